The third-order valence-corrected chi connectivity index (χ3v) is 1.09. The molecule has 0 aliphatic rings. The second-order valence-corrected chi connectivity index (χ2v) is 1.80. The van der Waals surface area contributed by atoms with Crippen LogP contribution in [0.3, 0.4) is 0 Å². The van der Waals surface area contributed by atoms with E-state index >= 15 is 0 Å². The van der Waals surface area contributed by atoms with E-state index in [0.29, 0.717) is 12.3 Å². The van der Waals surface area contributed by atoms with E-state index in [4.69, 9.17) is 4.74 Å². The molecule has 0 atom stereocenters. The molecule has 0 spiro atoms. The third kappa shape index (κ3) is 1.37. The van der Waals surface area contributed by atoms with Gasteiger partial charge in [-0.25, -0.2) is 4.79 Å². The van der Waals surface area contributed by atoms with Gasteiger partial charge in [0.25, 0.3) is 0 Å². The second kappa shape index (κ2) is 3.06. The lowest BCUT2D eigenvalue weighted by Gasteiger charge is -1.96. The van der Waals surface area contributed by atoms with E-state index < -0.39 is 0 Å². The van der Waals surface area contributed by atoms with Crippen LogP contribution in [0.4, 0.5) is 0 Å². The summed E-state index contributed by atoms with van der Waals surface area (Å²) in [5.41, 5.74) is 0.502. The first-order valence-corrected chi connectivity index (χ1v) is 3.15. The summed E-state index contributed by atoms with van der Waals surface area (Å²) in [6.45, 7) is 2.19. The van der Waals surface area contributed by atoms with Gasteiger partial charge in [-0.1, -0.05) is 0 Å². The average molecular weight is 141 g/mol. The molecule has 0 amide bonds. The normalized spacial score (nSPS) is 9.30. The number of carbonyl (C=O) groups is 1. The molecule has 1 heterocycles. The molecule has 0 aliphatic heterocycles. The van der Waals surface area contributed by atoms with Gasteiger partial charge in [0, 0.05) is 7.62 Å². The fourth-order valence-electron chi connectivity index (χ4n) is 0.666. The van der Waals surface area contributed by atoms with Gasteiger partial charge in [-0.15, -0.1) is 0 Å². The highest BCUT2D eigenvalue weighted by Crippen LogP contribution is 1.96. The molecule has 0 aliphatic carbocycles. The van der Waals surface area contributed by atoms with Gasteiger partial charge in [0.05, 0.1) is 6.61 Å². The number of esters is 1. The zero-order valence-corrected chi connectivity index (χ0v) is 5.76. The Morgan fingerprint density at radius 3 is 3.20 bits per heavy atom. The molecule has 0 saturated carbocycles. The number of nitrogens with one attached hydrogen (secondary N) is 1. The molecule has 1 N–H and O–H groups in total. The summed E-state index contributed by atoms with van der Waals surface area (Å²) in [6, 6.07) is 3.43. The Hall–Kier alpha value is -1.25. The van der Waals surface area contributed by atoms with Crippen molar-refractivity contribution in [2.45, 2.75) is 6.92 Å². The van der Waals surface area contributed by atoms with Crippen molar-refractivity contribution >= 4 is 5.97 Å². The number of aromatic nitrogens is 1. The molecule has 1 aromatic rings. The van der Waals surface area contributed by atoms with Crippen LogP contribution in [0.5, 0.6) is 0 Å². The second-order valence-electron chi connectivity index (χ2n) is 1.80. The zero-order chi connectivity index (χ0) is 7.40. The highest BCUT2D eigenvalue weighted by Gasteiger charge is 2.04. The van der Waals surface area contributed by atoms with Gasteiger partial charge in [-0.3, -0.25) is 0 Å². The standard InChI is InChI=1S/C7H9NO2.H2/c1-2-10-7(9)6-4-3-5-8-6;/h3-5,8H,2H2,1H3;1H. The molecule has 1 rings (SSSR count). The molecule has 3 nitrogen and oxygen atoms in total. The van der Waals surface area contributed by atoms with Gasteiger partial charge >= 0.3 is 5.97 Å². The maximum atomic E-state index is 10.9. The average Bonchev–Trinajstić information content (AvgIpc) is 2.38. The molecule has 0 fully saturated rings. The zero-order valence-electron chi connectivity index (χ0n) is 5.76. The van der Waals surface area contributed by atoms with E-state index in [1.165, 1.54) is 0 Å². The van der Waals surface area contributed by atoms with E-state index in [1.807, 2.05) is 0 Å². The Bertz CT molecular complexity index is 208. The largest absolute Gasteiger partial charge is 0.461 e. The van der Waals surface area contributed by atoms with Gasteiger partial charge < -0.3 is 9.72 Å². The van der Waals surface area contributed by atoms with Crippen LogP contribution in [0.25, 0.3) is 0 Å². The smallest absolute Gasteiger partial charge is 0.354 e. The number of aromatic amines is 1. The molecule has 0 unspecified atom stereocenters. The summed E-state index contributed by atoms with van der Waals surface area (Å²) in [7, 11) is 0. The summed E-state index contributed by atoms with van der Waals surface area (Å²) in [4.78, 5) is 13.6. The van der Waals surface area contributed by atoms with Gasteiger partial charge in [0.1, 0.15) is 5.69 Å². The Balaban J connectivity index is 0.000001000. The van der Waals surface area contributed by atoms with Crippen LogP contribution in [-0.2, 0) is 4.74 Å². The Morgan fingerprint density at radius 1 is 1.90 bits per heavy atom. The summed E-state index contributed by atoms with van der Waals surface area (Å²) in [6.07, 6.45) is 1.69. The third-order valence-electron chi connectivity index (χ3n) is 1.09. The quantitative estimate of drug-likeness (QED) is 0.633. The number of H-pyrrole nitrogens is 1. The van der Waals surface area contributed by atoms with Crippen molar-refractivity contribution in [3.05, 3.63) is 24.0 Å². The summed E-state index contributed by atoms with van der Waals surface area (Å²) < 4.78 is 4.72. The lowest BCUT2D eigenvalue weighted by Crippen LogP contribution is -2.04. The monoisotopic (exact) mass is 141 g/mol. The van der Waals surface area contributed by atoms with Gasteiger partial charge in [0.15, 0.2) is 0 Å². The molecule has 1 aromatic heterocycles. The molecular formula is C7H11NO2. The maximum Gasteiger partial charge on any atom is 0.354 e. The van der Waals surface area contributed by atoms with Crippen LogP contribution in [-0.4, -0.2) is 17.6 Å². The van der Waals surface area contributed by atoms with Gasteiger partial charge in [-0.2, -0.15) is 0 Å². The number of ether oxygens (including phenoxy) is 1. The van der Waals surface area contributed by atoms with E-state index in [0.717, 1.165) is 0 Å². The van der Waals surface area contributed by atoms with Crippen LogP contribution in [0, 0.1) is 0 Å². The molecule has 10 heavy (non-hydrogen) atoms. The Kier molecular flexibility index (Phi) is 2.10. The minimum Gasteiger partial charge on any atom is -0.461 e. The maximum absolute atomic E-state index is 10.9. The summed E-state index contributed by atoms with van der Waals surface area (Å²) >= 11 is 0. The van der Waals surface area contributed by atoms with Crippen molar-refractivity contribution in [2.24, 2.45) is 0 Å². The highest BCUT2D eigenvalue weighted by molar-refractivity contribution is 5.87. The molecule has 0 aromatic carbocycles. The molecular weight excluding hydrogens is 130 g/mol. The SMILES string of the molecule is CCOC(=O)c1ccc[nH]1.[HH]. The minimum atomic E-state index is -0.299. The molecule has 3 heteroatoms. The summed E-state index contributed by atoms with van der Waals surface area (Å²) in [5.74, 6) is -0.299. The topological polar surface area (TPSA) is 42.1 Å². The summed E-state index contributed by atoms with van der Waals surface area (Å²) in [5, 5.41) is 0. The predicted molar refractivity (Wildman–Crippen MR) is 38.9 cm³/mol. The number of hydrogen-bond donors (Lipinski definition) is 1. The van der Waals surface area contributed by atoms with Gasteiger partial charge in [0.2, 0.25) is 0 Å². The number of carbonyl (C=O) groups excluding carboxylic acids is 1. The van der Waals surface area contributed by atoms with Crippen molar-refractivity contribution in [1.82, 2.24) is 4.98 Å². The molecule has 56 valence electrons. The van der Waals surface area contributed by atoms with Crippen molar-refractivity contribution in [3.63, 3.8) is 0 Å². The van der Waals surface area contributed by atoms with E-state index in [-0.39, 0.29) is 7.40 Å². The van der Waals surface area contributed by atoms with Crippen molar-refractivity contribution in [3.8, 4) is 0 Å². The van der Waals surface area contributed by atoms with Crippen LogP contribution in [0.15, 0.2) is 18.3 Å². The number of rotatable bonds is 2. The Morgan fingerprint density at radius 2 is 2.70 bits per heavy atom. The minimum absolute atomic E-state index is 0. The first-order chi connectivity index (χ1) is 4.84. The first-order valence-electron chi connectivity index (χ1n) is 3.15. The number of hydrogen-bond acceptors (Lipinski definition) is 2. The van der Waals surface area contributed by atoms with Crippen molar-refractivity contribution in [1.29, 1.82) is 0 Å². The fourth-order valence-corrected chi connectivity index (χ4v) is 0.666. The molecule has 0 saturated heterocycles. The molecule has 0 bridgehead atoms. The van der Waals surface area contributed by atoms with E-state index in [9.17, 15) is 4.79 Å². The van der Waals surface area contributed by atoms with E-state index in [2.05, 4.69) is 4.98 Å². The predicted octanol–water partition coefficient (Wildman–Crippen LogP) is 1.44. The van der Waals surface area contributed by atoms with E-state index in [1.54, 1.807) is 25.3 Å². The lowest BCUT2D eigenvalue weighted by atomic mass is 10.4. The fraction of sp³-hybridized carbons (Fsp3) is 0.286. The van der Waals surface area contributed by atoms with Crippen LogP contribution >= 0.6 is 0 Å². The van der Waals surface area contributed by atoms with Crippen LogP contribution < -0.4 is 0 Å². The molecule has 0 radical (unpaired) electrons. The van der Waals surface area contributed by atoms with Crippen LogP contribution in [0.2, 0.25) is 0 Å². The lowest BCUT2D eigenvalue weighted by molar-refractivity contribution is 0.0520. The highest BCUT2D eigenvalue weighted by atomic mass is 16.5. The van der Waals surface area contributed by atoms with Crippen molar-refractivity contribution in [2.75, 3.05) is 6.61 Å². The van der Waals surface area contributed by atoms with Crippen molar-refractivity contribution < 1.29 is 11.0 Å². The van der Waals surface area contributed by atoms with Gasteiger partial charge in [-0.05, 0) is 19.1 Å². The van der Waals surface area contributed by atoms with Crippen LogP contribution in [0.1, 0.15) is 18.8 Å². The first kappa shape index (κ1) is 6.86. The Labute approximate surface area is 60.5 Å².